The summed E-state index contributed by atoms with van der Waals surface area (Å²) < 4.78 is 3.53. The van der Waals surface area contributed by atoms with Crippen LogP contribution < -0.4 is 5.56 Å². The molecule has 0 saturated heterocycles. The molecule has 0 aliphatic carbocycles. The highest BCUT2D eigenvalue weighted by Gasteiger charge is 2.18. The maximum atomic E-state index is 12.8. The van der Waals surface area contributed by atoms with Crippen LogP contribution in [0.2, 0.25) is 0 Å². The molecule has 1 heterocycles. The summed E-state index contributed by atoms with van der Waals surface area (Å²) in [6.07, 6.45) is 3.44. The summed E-state index contributed by atoms with van der Waals surface area (Å²) in [7, 11) is 1.76. The van der Waals surface area contributed by atoms with Crippen molar-refractivity contribution in [3.05, 3.63) is 81.3 Å². The monoisotopic (exact) mass is 389 g/mol. The fourth-order valence-electron chi connectivity index (χ4n) is 3.79. The first-order valence-electron chi connectivity index (χ1n) is 10.1. The Balaban J connectivity index is 1.93. The van der Waals surface area contributed by atoms with Crippen LogP contribution in [0.15, 0.2) is 53.3 Å². The van der Waals surface area contributed by atoms with Crippen LogP contribution >= 0.6 is 0 Å². The molecule has 5 nitrogen and oxygen atoms in total. The minimum absolute atomic E-state index is 0.00320. The molecule has 29 heavy (non-hydrogen) atoms. The Hall–Kier alpha value is -3.10. The van der Waals surface area contributed by atoms with E-state index in [1.165, 1.54) is 0 Å². The fraction of sp³-hybridized carbons (Fsp3) is 0.333. The van der Waals surface area contributed by atoms with Gasteiger partial charge in [-0.3, -0.25) is 14.2 Å². The minimum atomic E-state index is 0.00320. The van der Waals surface area contributed by atoms with Crippen molar-refractivity contribution in [1.82, 2.24) is 9.36 Å². The predicted octanol–water partition coefficient (Wildman–Crippen LogP) is 3.65. The molecule has 0 amide bonds. The molecule has 0 aliphatic heterocycles. The van der Waals surface area contributed by atoms with Gasteiger partial charge in [-0.1, -0.05) is 55.8 Å². The third-order valence-electron chi connectivity index (χ3n) is 5.35. The van der Waals surface area contributed by atoms with Gasteiger partial charge in [0.1, 0.15) is 0 Å². The SMILES string of the molecule is CCCCc1c(Cc2ccc(-c3ccccc3C#N)cc2)c(=O)n(C)n1CCO. The van der Waals surface area contributed by atoms with Gasteiger partial charge >= 0.3 is 0 Å². The summed E-state index contributed by atoms with van der Waals surface area (Å²) >= 11 is 0. The zero-order valence-electron chi connectivity index (χ0n) is 17.1. The number of nitriles is 1. The lowest BCUT2D eigenvalue weighted by atomic mass is 9.97. The Morgan fingerprint density at radius 3 is 2.48 bits per heavy atom. The maximum absolute atomic E-state index is 12.8. The zero-order valence-corrected chi connectivity index (χ0v) is 17.1. The summed E-state index contributed by atoms with van der Waals surface area (Å²) in [5.41, 5.74) is 5.44. The highest BCUT2D eigenvalue weighted by Crippen LogP contribution is 2.24. The van der Waals surface area contributed by atoms with Crippen molar-refractivity contribution in [1.29, 1.82) is 5.26 Å². The van der Waals surface area contributed by atoms with E-state index < -0.39 is 0 Å². The minimum Gasteiger partial charge on any atom is -0.394 e. The highest BCUT2D eigenvalue weighted by atomic mass is 16.3. The molecule has 0 saturated carbocycles. The molecule has 150 valence electrons. The van der Waals surface area contributed by atoms with Crippen molar-refractivity contribution in [2.24, 2.45) is 7.05 Å². The molecule has 1 N–H and O–H groups in total. The molecule has 2 aromatic carbocycles. The second-order valence-corrected chi connectivity index (χ2v) is 7.24. The Morgan fingerprint density at radius 1 is 1.10 bits per heavy atom. The molecular formula is C24H27N3O2. The van der Waals surface area contributed by atoms with Crippen LogP contribution in [0.1, 0.15) is 42.1 Å². The maximum Gasteiger partial charge on any atom is 0.270 e. The first kappa shape index (κ1) is 20.6. The first-order chi connectivity index (χ1) is 14.1. The Morgan fingerprint density at radius 2 is 1.83 bits per heavy atom. The normalized spacial score (nSPS) is 10.8. The molecule has 5 heteroatoms. The summed E-state index contributed by atoms with van der Waals surface area (Å²) in [6, 6.07) is 17.8. The van der Waals surface area contributed by atoms with Crippen LogP contribution in [0.3, 0.4) is 0 Å². The molecule has 0 fully saturated rings. The number of hydrogen-bond donors (Lipinski definition) is 1. The van der Waals surface area contributed by atoms with Crippen LogP contribution in [0.5, 0.6) is 0 Å². The molecule has 0 bridgehead atoms. The van der Waals surface area contributed by atoms with Crippen molar-refractivity contribution in [3.63, 3.8) is 0 Å². The molecule has 0 aliphatic rings. The summed E-state index contributed by atoms with van der Waals surface area (Å²) in [5.74, 6) is 0. The predicted molar refractivity (Wildman–Crippen MR) is 115 cm³/mol. The van der Waals surface area contributed by atoms with E-state index in [0.717, 1.165) is 47.2 Å². The van der Waals surface area contributed by atoms with E-state index in [2.05, 4.69) is 13.0 Å². The summed E-state index contributed by atoms with van der Waals surface area (Å²) in [6.45, 7) is 2.57. The van der Waals surface area contributed by atoms with Crippen molar-refractivity contribution < 1.29 is 5.11 Å². The number of aliphatic hydroxyl groups excluding tert-OH is 1. The van der Waals surface area contributed by atoms with E-state index in [4.69, 9.17) is 0 Å². The van der Waals surface area contributed by atoms with Gasteiger partial charge in [-0.05, 0) is 35.6 Å². The van der Waals surface area contributed by atoms with Crippen molar-refractivity contribution >= 4 is 0 Å². The zero-order chi connectivity index (χ0) is 20.8. The van der Waals surface area contributed by atoms with Gasteiger partial charge in [-0.2, -0.15) is 5.26 Å². The second kappa shape index (κ2) is 9.40. The van der Waals surface area contributed by atoms with Crippen molar-refractivity contribution in [2.45, 2.75) is 39.2 Å². The van der Waals surface area contributed by atoms with E-state index in [9.17, 15) is 15.2 Å². The third-order valence-corrected chi connectivity index (χ3v) is 5.35. The highest BCUT2D eigenvalue weighted by molar-refractivity contribution is 5.70. The van der Waals surface area contributed by atoms with Gasteiger partial charge in [-0.25, -0.2) is 0 Å². The Kier molecular flexibility index (Phi) is 6.69. The van der Waals surface area contributed by atoms with Crippen LogP contribution in [0, 0.1) is 11.3 Å². The second-order valence-electron chi connectivity index (χ2n) is 7.24. The van der Waals surface area contributed by atoms with Crippen molar-refractivity contribution in [2.75, 3.05) is 6.61 Å². The molecule has 0 atom stereocenters. The number of aliphatic hydroxyl groups is 1. The molecule has 0 spiro atoms. The summed E-state index contributed by atoms with van der Waals surface area (Å²) in [4.78, 5) is 12.8. The lowest BCUT2D eigenvalue weighted by Crippen LogP contribution is -2.22. The van der Waals surface area contributed by atoms with Crippen LogP contribution in [-0.4, -0.2) is 21.1 Å². The summed E-state index contributed by atoms with van der Waals surface area (Å²) in [5, 5.41) is 18.7. The fourth-order valence-corrected chi connectivity index (χ4v) is 3.79. The van der Waals surface area contributed by atoms with Crippen LogP contribution in [-0.2, 0) is 26.4 Å². The first-order valence-corrected chi connectivity index (χ1v) is 10.1. The quantitative estimate of drug-likeness (QED) is 0.639. The lowest BCUT2D eigenvalue weighted by Gasteiger charge is -2.11. The average molecular weight is 389 g/mol. The third kappa shape index (κ3) is 4.33. The van der Waals surface area contributed by atoms with Gasteiger partial charge in [-0.15, -0.1) is 0 Å². The van der Waals surface area contributed by atoms with E-state index in [0.29, 0.717) is 18.5 Å². The average Bonchev–Trinajstić information content (AvgIpc) is 2.97. The number of aromatic nitrogens is 2. The molecule has 0 unspecified atom stereocenters. The smallest absolute Gasteiger partial charge is 0.270 e. The van der Waals surface area contributed by atoms with E-state index >= 15 is 0 Å². The molecular weight excluding hydrogens is 362 g/mol. The molecule has 3 rings (SSSR count). The number of nitrogens with zero attached hydrogens (tertiary/aromatic N) is 3. The molecule has 1 aromatic heterocycles. The lowest BCUT2D eigenvalue weighted by molar-refractivity contribution is 0.257. The van der Waals surface area contributed by atoms with Gasteiger partial charge in [0.2, 0.25) is 0 Å². The standard InChI is InChI=1S/C24H27N3O2/c1-3-4-9-23-22(24(29)26(2)27(23)14-15-28)16-18-10-12-19(13-11-18)21-8-6-5-7-20(21)17-25/h5-8,10-13,28H,3-4,9,14-16H2,1-2H3. The largest absolute Gasteiger partial charge is 0.394 e. The van der Waals surface area contributed by atoms with Crippen LogP contribution in [0.4, 0.5) is 0 Å². The number of rotatable bonds is 8. The number of benzene rings is 2. The molecule has 0 radical (unpaired) electrons. The van der Waals surface area contributed by atoms with Gasteiger partial charge in [0.25, 0.3) is 5.56 Å². The van der Waals surface area contributed by atoms with E-state index in [-0.39, 0.29) is 12.2 Å². The van der Waals surface area contributed by atoms with Gasteiger partial charge in [0.05, 0.1) is 24.8 Å². The van der Waals surface area contributed by atoms with Gasteiger partial charge in [0, 0.05) is 24.7 Å². The molecule has 3 aromatic rings. The van der Waals surface area contributed by atoms with Gasteiger partial charge in [0.15, 0.2) is 0 Å². The topological polar surface area (TPSA) is 71.0 Å². The Bertz CT molecular complexity index is 1070. The number of unbranched alkanes of at least 4 members (excludes halogenated alkanes) is 1. The van der Waals surface area contributed by atoms with E-state index in [1.54, 1.807) is 11.7 Å². The van der Waals surface area contributed by atoms with Crippen LogP contribution in [0.25, 0.3) is 11.1 Å². The Labute approximate surface area is 171 Å². The van der Waals surface area contributed by atoms with Crippen molar-refractivity contribution in [3.8, 4) is 17.2 Å². The number of hydrogen-bond acceptors (Lipinski definition) is 3. The van der Waals surface area contributed by atoms with E-state index in [1.807, 2.05) is 53.2 Å². The van der Waals surface area contributed by atoms with Gasteiger partial charge < -0.3 is 5.11 Å².